The lowest BCUT2D eigenvalue weighted by molar-refractivity contribution is -0.120. The number of rotatable bonds is 5. The van der Waals surface area contributed by atoms with E-state index in [1.807, 2.05) is 24.3 Å². The molecule has 0 heterocycles. The third-order valence-corrected chi connectivity index (χ3v) is 4.32. The van der Waals surface area contributed by atoms with E-state index in [2.05, 4.69) is 5.32 Å². The molecule has 0 saturated heterocycles. The quantitative estimate of drug-likeness (QED) is 0.848. The van der Waals surface area contributed by atoms with Crippen LogP contribution in [0.2, 0.25) is 0 Å². The van der Waals surface area contributed by atoms with Crippen LogP contribution in [0.25, 0.3) is 0 Å². The molecule has 1 saturated carbocycles. The first kappa shape index (κ1) is 15.2. The van der Waals surface area contributed by atoms with Gasteiger partial charge < -0.3 is 10.1 Å². The average Bonchev–Trinajstić information content (AvgIpc) is 2.47. The third-order valence-electron chi connectivity index (χ3n) is 3.89. The monoisotopic (exact) mass is 295 g/mol. The molecule has 0 spiro atoms. The highest BCUT2D eigenvalue weighted by Crippen LogP contribution is 2.26. The maximum Gasteiger partial charge on any atom is 0.224 e. The number of amides is 1. The molecule has 1 N–H and O–H groups in total. The number of methoxy groups -OCH3 is 1. The van der Waals surface area contributed by atoms with Crippen molar-refractivity contribution in [1.82, 2.24) is 5.32 Å². The molecule has 1 aliphatic carbocycles. The fraction of sp³-hybridized carbons (Fsp3) is 0.562. The molecular formula is C16H22ClNO2. The molecule has 1 aromatic carbocycles. The number of nitrogens with one attached hydrogen (secondary N) is 1. The van der Waals surface area contributed by atoms with Crippen LogP contribution in [0.15, 0.2) is 24.3 Å². The van der Waals surface area contributed by atoms with Crippen LogP contribution in [0.3, 0.4) is 0 Å². The Kier molecular flexibility index (Phi) is 5.72. The zero-order valence-corrected chi connectivity index (χ0v) is 12.7. The van der Waals surface area contributed by atoms with Crippen LogP contribution in [0, 0.1) is 5.92 Å². The van der Waals surface area contributed by atoms with Crippen LogP contribution in [-0.4, -0.2) is 24.9 Å². The predicted molar refractivity (Wildman–Crippen MR) is 81.3 cm³/mol. The van der Waals surface area contributed by atoms with Gasteiger partial charge in [-0.3, -0.25) is 4.79 Å². The van der Waals surface area contributed by atoms with Gasteiger partial charge >= 0.3 is 0 Å². The molecule has 1 fully saturated rings. The van der Waals surface area contributed by atoms with E-state index in [0.717, 1.165) is 43.5 Å². The van der Waals surface area contributed by atoms with Gasteiger partial charge in [-0.1, -0.05) is 12.1 Å². The molecule has 1 amide bonds. The smallest absolute Gasteiger partial charge is 0.224 e. The van der Waals surface area contributed by atoms with Crippen LogP contribution in [0.5, 0.6) is 5.75 Å². The number of carbonyl (C=O) groups is 1. The molecule has 3 nitrogen and oxygen atoms in total. The van der Waals surface area contributed by atoms with Crippen LogP contribution in [-0.2, 0) is 11.2 Å². The van der Waals surface area contributed by atoms with E-state index in [1.165, 1.54) is 0 Å². The van der Waals surface area contributed by atoms with Crippen molar-refractivity contribution >= 4 is 17.5 Å². The summed E-state index contributed by atoms with van der Waals surface area (Å²) in [5.74, 6) is 1.49. The van der Waals surface area contributed by atoms with E-state index in [0.29, 0.717) is 17.7 Å². The second kappa shape index (κ2) is 7.53. The van der Waals surface area contributed by atoms with Gasteiger partial charge in [0.05, 0.1) is 13.5 Å². The lowest BCUT2D eigenvalue weighted by Crippen LogP contribution is -2.32. The van der Waals surface area contributed by atoms with Gasteiger partial charge in [0.25, 0.3) is 0 Å². The molecule has 2 rings (SSSR count). The number of halogens is 1. The minimum Gasteiger partial charge on any atom is -0.497 e. The van der Waals surface area contributed by atoms with Gasteiger partial charge in [-0.2, -0.15) is 0 Å². The Morgan fingerprint density at radius 2 is 1.90 bits per heavy atom. The summed E-state index contributed by atoms with van der Waals surface area (Å²) in [5, 5.41) is 3.37. The van der Waals surface area contributed by atoms with Crippen LogP contribution < -0.4 is 10.1 Å². The Hall–Kier alpha value is -1.22. The Labute approximate surface area is 125 Å². The van der Waals surface area contributed by atoms with E-state index >= 15 is 0 Å². The maximum absolute atomic E-state index is 11.9. The first-order valence-electron chi connectivity index (χ1n) is 7.21. The summed E-state index contributed by atoms with van der Waals surface area (Å²) < 4.78 is 5.10. The molecule has 20 heavy (non-hydrogen) atoms. The summed E-state index contributed by atoms with van der Waals surface area (Å²) >= 11 is 6.08. The zero-order chi connectivity index (χ0) is 14.4. The molecule has 0 radical (unpaired) electrons. The van der Waals surface area contributed by atoms with E-state index in [1.54, 1.807) is 7.11 Å². The van der Waals surface area contributed by atoms with E-state index in [9.17, 15) is 4.79 Å². The van der Waals surface area contributed by atoms with Gasteiger partial charge in [0.1, 0.15) is 5.75 Å². The summed E-state index contributed by atoms with van der Waals surface area (Å²) in [4.78, 5) is 11.9. The molecule has 110 valence electrons. The van der Waals surface area contributed by atoms with Gasteiger partial charge in [-0.05, 0) is 49.3 Å². The Bertz CT molecular complexity index is 425. The van der Waals surface area contributed by atoms with E-state index < -0.39 is 0 Å². The number of ether oxygens (including phenoxy) is 1. The van der Waals surface area contributed by atoms with Crippen molar-refractivity contribution in [1.29, 1.82) is 0 Å². The largest absolute Gasteiger partial charge is 0.497 e. The van der Waals surface area contributed by atoms with Crippen molar-refractivity contribution in [3.63, 3.8) is 0 Å². The fourth-order valence-corrected chi connectivity index (χ4v) is 2.83. The minimum atomic E-state index is 0.0863. The average molecular weight is 296 g/mol. The summed E-state index contributed by atoms with van der Waals surface area (Å²) in [6, 6.07) is 7.61. The van der Waals surface area contributed by atoms with Crippen LogP contribution in [0.1, 0.15) is 31.2 Å². The van der Waals surface area contributed by atoms with Crippen molar-refractivity contribution in [3.05, 3.63) is 29.8 Å². The highest BCUT2D eigenvalue weighted by molar-refractivity contribution is 6.20. The Morgan fingerprint density at radius 1 is 1.25 bits per heavy atom. The Balaban J connectivity index is 1.72. The summed E-state index contributed by atoms with van der Waals surface area (Å²) in [6.07, 6.45) is 4.81. The maximum atomic E-state index is 11.9. The van der Waals surface area contributed by atoms with Crippen molar-refractivity contribution in [2.75, 3.05) is 13.7 Å². The zero-order valence-electron chi connectivity index (χ0n) is 11.9. The van der Waals surface area contributed by atoms with E-state index in [-0.39, 0.29) is 5.91 Å². The number of hydrogen-bond acceptors (Lipinski definition) is 2. The first-order valence-corrected chi connectivity index (χ1v) is 7.64. The SMILES string of the molecule is COc1ccc(CC(=O)NCC2CCC(Cl)CC2)cc1. The molecule has 0 bridgehead atoms. The van der Waals surface area contributed by atoms with Crippen LogP contribution >= 0.6 is 11.6 Å². The first-order chi connectivity index (χ1) is 9.67. The molecular weight excluding hydrogens is 274 g/mol. The summed E-state index contributed by atoms with van der Waals surface area (Å²) in [6.45, 7) is 0.776. The number of benzene rings is 1. The lowest BCUT2D eigenvalue weighted by Gasteiger charge is -2.25. The lowest BCUT2D eigenvalue weighted by atomic mass is 9.89. The van der Waals surface area contributed by atoms with Crippen molar-refractivity contribution in [2.45, 2.75) is 37.5 Å². The summed E-state index contributed by atoms with van der Waals surface area (Å²) in [5.41, 5.74) is 1.01. The molecule has 0 unspecified atom stereocenters. The Morgan fingerprint density at radius 3 is 2.50 bits per heavy atom. The molecule has 0 aliphatic heterocycles. The van der Waals surface area contributed by atoms with Gasteiger partial charge in [-0.15, -0.1) is 11.6 Å². The topological polar surface area (TPSA) is 38.3 Å². The second-order valence-corrected chi connectivity index (χ2v) is 6.06. The van der Waals surface area contributed by atoms with Gasteiger partial charge in [0.2, 0.25) is 5.91 Å². The van der Waals surface area contributed by atoms with Crippen molar-refractivity contribution in [2.24, 2.45) is 5.92 Å². The van der Waals surface area contributed by atoms with Gasteiger partial charge in [0, 0.05) is 11.9 Å². The standard InChI is InChI=1S/C16H22ClNO2/c1-20-15-8-4-12(5-9-15)10-16(19)18-11-13-2-6-14(17)7-3-13/h4-5,8-9,13-14H,2-3,6-7,10-11H2,1H3,(H,18,19). The second-order valence-electron chi connectivity index (χ2n) is 5.45. The van der Waals surface area contributed by atoms with Crippen molar-refractivity contribution in [3.8, 4) is 5.75 Å². The molecule has 0 aromatic heterocycles. The van der Waals surface area contributed by atoms with Gasteiger partial charge in [0.15, 0.2) is 0 Å². The van der Waals surface area contributed by atoms with Crippen LogP contribution in [0.4, 0.5) is 0 Å². The molecule has 4 heteroatoms. The molecule has 0 atom stereocenters. The van der Waals surface area contributed by atoms with Crippen molar-refractivity contribution < 1.29 is 9.53 Å². The minimum absolute atomic E-state index is 0.0863. The highest BCUT2D eigenvalue weighted by Gasteiger charge is 2.19. The predicted octanol–water partition coefficient (Wildman–Crippen LogP) is 3.15. The number of carbonyl (C=O) groups excluding carboxylic acids is 1. The molecule has 1 aromatic rings. The number of alkyl halides is 1. The van der Waals surface area contributed by atoms with E-state index in [4.69, 9.17) is 16.3 Å². The van der Waals surface area contributed by atoms with Gasteiger partial charge in [-0.25, -0.2) is 0 Å². The molecule has 1 aliphatic rings. The highest BCUT2D eigenvalue weighted by atomic mass is 35.5. The third kappa shape index (κ3) is 4.71. The fourth-order valence-electron chi connectivity index (χ4n) is 2.58. The summed E-state index contributed by atoms with van der Waals surface area (Å²) in [7, 11) is 1.64. The normalized spacial score (nSPS) is 22.3. The number of hydrogen-bond donors (Lipinski definition) is 1.